The van der Waals surface area contributed by atoms with E-state index in [1.165, 1.54) is 0 Å². The number of hydrogen-bond acceptors (Lipinski definition) is 6. The van der Waals surface area contributed by atoms with Crippen molar-refractivity contribution >= 4 is 17.6 Å². The van der Waals surface area contributed by atoms with Crippen molar-refractivity contribution in [3.8, 4) is 5.82 Å². The van der Waals surface area contributed by atoms with Crippen molar-refractivity contribution in [1.82, 2.24) is 30.0 Å². The lowest BCUT2D eigenvalue weighted by atomic mass is 10.1. The normalized spacial score (nSPS) is 13.8. The van der Waals surface area contributed by atoms with Gasteiger partial charge in [0.25, 0.3) is 5.91 Å². The topological polar surface area (TPSA) is 105 Å². The Morgan fingerprint density at radius 3 is 2.70 bits per heavy atom. The molecule has 0 saturated carbocycles. The lowest BCUT2D eigenvalue weighted by molar-refractivity contribution is -0.123. The Kier molecular flexibility index (Phi) is 5.42. The molecule has 3 heterocycles. The molecule has 1 fully saturated rings. The minimum atomic E-state index is -0.132. The Hall–Kier alpha value is -3.75. The molecule has 9 nitrogen and oxygen atoms in total. The van der Waals surface area contributed by atoms with E-state index in [0.717, 1.165) is 17.0 Å². The molecule has 3 aromatic rings. The van der Waals surface area contributed by atoms with Gasteiger partial charge in [0.2, 0.25) is 5.91 Å². The summed E-state index contributed by atoms with van der Waals surface area (Å²) in [6, 6.07) is 9.33. The summed E-state index contributed by atoms with van der Waals surface area (Å²) < 4.78 is 1.76. The number of hydrogen-bond donors (Lipinski definition) is 2. The summed E-state index contributed by atoms with van der Waals surface area (Å²) >= 11 is 0. The lowest BCUT2D eigenvalue weighted by Gasteiger charge is -2.26. The van der Waals surface area contributed by atoms with Crippen LogP contribution in [0, 0.1) is 13.8 Å². The zero-order chi connectivity index (χ0) is 21.1. The number of amides is 2. The molecule has 0 aliphatic carbocycles. The smallest absolute Gasteiger partial charge is 0.254 e. The predicted octanol–water partition coefficient (Wildman–Crippen LogP) is 1.46. The van der Waals surface area contributed by atoms with Crippen LogP contribution < -0.4 is 10.6 Å². The molecule has 0 radical (unpaired) electrons. The van der Waals surface area contributed by atoms with E-state index in [-0.39, 0.29) is 18.4 Å². The van der Waals surface area contributed by atoms with Gasteiger partial charge in [-0.2, -0.15) is 5.10 Å². The lowest BCUT2D eigenvalue weighted by Crippen LogP contribution is -2.49. The Balaban J connectivity index is 1.40. The summed E-state index contributed by atoms with van der Waals surface area (Å²) in [5.41, 5.74) is 3.49. The first-order valence-corrected chi connectivity index (χ1v) is 9.74. The molecule has 2 amide bonds. The maximum Gasteiger partial charge on any atom is 0.254 e. The monoisotopic (exact) mass is 405 g/mol. The third-order valence-corrected chi connectivity index (χ3v) is 4.85. The highest BCUT2D eigenvalue weighted by atomic mass is 16.2. The fraction of sp³-hybridized carbons (Fsp3) is 0.286. The van der Waals surface area contributed by atoms with E-state index in [4.69, 9.17) is 0 Å². The third-order valence-electron chi connectivity index (χ3n) is 4.85. The zero-order valence-electron chi connectivity index (χ0n) is 16.9. The van der Waals surface area contributed by atoms with E-state index in [1.54, 1.807) is 34.1 Å². The van der Waals surface area contributed by atoms with Crippen LogP contribution in [0.4, 0.5) is 5.82 Å². The largest absolute Gasteiger partial charge is 0.365 e. The molecule has 30 heavy (non-hydrogen) atoms. The van der Waals surface area contributed by atoms with Gasteiger partial charge >= 0.3 is 0 Å². The van der Waals surface area contributed by atoms with Gasteiger partial charge in [0.05, 0.1) is 24.6 Å². The van der Waals surface area contributed by atoms with Gasteiger partial charge in [0.15, 0.2) is 5.82 Å². The first kappa shape index (κ1) is 19.6. The Morgan fingerprint density at radius 2 is 2.00 bits per heavy atom. The molecule has 0 unspecified atom stereocenters. The SMILES string of the molecule is Cc1cc(C)n(-c2cncc(NCc3ccc(C(=O)N4CCNC(=O)C4)cc3)n2)n1. The van der Waals surface area contributed by atoms with Crippen LogP contribution in [-0.4, -0.2) is 56.1 Å². The number of aromatic nitrogens is 4. The van der Waals surface area contributed by atoms with Crippen molar-refractivity contribution in [1.29, 1.82) is 0 Å². The van der Waals surface area contributed by atoms with Crippen molar-refractivity contribution in [3.63, 3.8) is 0 Å². The van der Waals surface area contributed by atoms with E-state index in [1.807, 2.05) is 32.0 Å². The van der Waals surface area contributed by atoms with Gasteiger partial charge in [-0.1, -0.05) is 12.1 Å². The molecule has 0 spiro atoms. The molecule has 154 valence electrons. The van der Waals surface area contributed by atoms with Gasteiger partial charge < -0.3 is 15.5 Å². The van der Waals surface area contributed by atoms with E-state index >= 15 is 0 Å². The van der Waals surface area contributed by atoms with E-state index in [2.05, 4.69) is 25.7 Å². The maximum atomic E-state index is 12.5. The van der Waals surface area contributed by atoms with Gasteiger partial charge in [-0.05, 0) is 37.6 Å². The standard InChI is InChI=1S/C21H23N7O2/c1-14-9-15(2)28(26-14)19-12-22-11-18(25-19)24-10-16-3-5-17(6-4-16)21(30)27-8-7-23-20(29)13-27/h3-6,9,11-12H,7-8,10,13H2,1-2H3,(H,23,29)(H,24,25). The van der Waals surface area contributed by atoms with Crippen molar-refractivity contribution in [2.24, 2.45) is 0 Å². The number of carbonyl (C=O) groups excluding carboxylic acids is 2. The first-order chi connectivity index (χ1) is 14.5. The fourth-order valence-corrected chi connectivity index (χ4v) is 3.36. The minimum Gasteiger partial charge on any atom is -0.365 e. The number of rotatable bonds is 5. The summed E-state index contributed by atoms with van der Waals surface area (Å²) in [6.07, 6.45) is 3.33. The number of nitrogens with zero attached hydrogens (tertiary/aromatic N) is 5. The molecule has 1 aliphatic rings. The van der Waals surface area contributed by atoms with Crippen molar-refractivity contribution in [2.75, 3.05) is 25.0 Å². The average molecular weight is 405 g/mol. The molecule has 9 heteroatoms. The maximum absolute atomic E-state index is 12.5. The van der Waals surface area contributed by atoms with Crippen molar-refractivity contribution < 1.29 is 9.59 Å². The fourth-order valence-electron chi connectivity index (χ4n) is 3.36. The van der Waals surface area contributed by atoms with Crippen LogP contribution in [0.1, 0.15) is 27.3 Å². The third kappa shape index (κ3) is 4.29. The predicted molar refractivity (Wildman–Crippen MR) is 111 cm³/mol. The molecule has 1 aliphatic heterocycles. The quantitative estimate of drug-likeness (QED) is 0.666. The highest BCUT2D eigenvalue weighted by molar-refractivity contribution is 5.97. The van der Waals surface area contributed by atoms with Crippen LogP contribution in [0.25, 0.3) is 5.82 Å². The van der Waals surface area contributed by atoms with Crippen LogP contribution in [0.5, 0.6) is 0 Å². The Bertz CT molecular complexity index is 1080. The summed E-state index contributed by atoms with van der Waals surface area (Å²) in [6.45, 7) is 5.57. The molecule has 2 N–H and O–H groups in total. The van der Waals surface area contributed by atoms with E-state index in [0.29, 0.717) is 36.8 Å². The second kappa shape index (κ2) is 8.32. The van der Waals surface area contributed by atoms with Crippen LogP contribution in [-0.2, 0) is 11.3 Å². The van der Waals surface area contributed by atoms with Gasteiger partial charge in [-0.25, -0.2) is 9.67 Å². The number of nitrogens with one attached hydrogen (secondary N) is 2. The van der Waals surface area contributed by atoms with Gasteiger partial charge in [0.1, 0.15) is 5.82 Å². The van der Waals surface area contributed by atoms with Gasteiger partial charge in [0, 0.05) is 30.9 Å². The molecule has 2 aromatic heterocycles. The van der Waals surface area contributed by atoms with Crippen molar-refractivity contribution in [2.45, 2.75) is 20.4 Å². The highest BCUT2D eigenvalue weighted by Gasteiger charge is 2.22. The second-order valence-corrected chi connectivity index (χ2v) is 7.23. The molecule has 1 saturated heterocycles. The first-order valence-electron chi connectivity index (χ1n) is 9.74. The van der Waals surface area contributed by atoms with E-state index < -0.39 is 0 Å². The van der Waals surface area contributed by atoms with Gasteiger partial charge in [-0.3, -0.25) is 14.6 Å². The molecule has 0 atom stereocenters. The van der Waals surface area contributed by atoms with Crippen LogP contribution >= 0.6 is 0 Å². The number of carbonyl (C=O) groups is 2. The summed E-state index contributed by atoms with van der Waals surface area (Å²) in [5.74, 6) is 1.03. The van der Waals surface area contributed by atoms with Crippen LogP contribution in [0.15, 0.2) is 42.7 Å². The molecule has 1 aromatic carbocycles. The summed E-state index contributed by atoms with van der Waals surface area (Å²) in [5, 5.41) is 10.4. The Morgan fingerprint density at radius 1 is 1.20 bits per heavy atom. The number of aryl methyl sites for hydroxylation is 2. The highest BCUT2D eigenvalue weighted by Crippen LogP contribution is 2.13. The number of anilines is 1. The van der Waals surface area contributed by atoms with Crippen molar-refractivity contribution in [3.05, 3.63) is 65.2 Å². The Labute approximate surface area is 174 Å². The van der Waals surface area contributed by atoms with Gasteiger partial charge in [-0.15, -0.1) is 0 Å². The zero-order valence-corrected chi connectivity index (χ0v) is 16.9. The number of benzene rings is 1. The second-order valence-electron chi connectivity index (χ2n) is 7.23. The van der Waals surface area contributed by atoms with E-state index in [9.17, 15) is 9.59 Å². The number of piperazine rings is 1. The molecule has 4 rings (SSSR count). The molecular weight excluding hydrogens is 382 g/mol. The summed E-state index contributed by atoms with van der Waals surface area (Å²) in [7, 11) is 0. The van der Waals surface area contributed by atoms with Crippen LogP contribution in [0.3, 0.4) is 0 Å². The molecule has 0 bridgehead atoms. The minimum absolute atomic E-state index is 0.104. The van der Waals surface area contributed by atoms with Crippen LogP contribution in [0.2, 0.25) is 0 Å². The summed E-state index contributed by atoms with van der Waals surface area (Å²) in [4.78, 5) is 34.4. The molecular formula is C21H23N7O2. The average Bonchev–Trinajstić information content (AvgIpc) is 3.10.